The van der Waals surface area contributed by atoms with E-state index in [9.17, 15) is 43.2 Å². The summed E-state index contributed by atoms with van der Waals surface area (Å²) < 4.78 is 69.0. The summed E-state index contributed by atoms with van der Waals surface area (Å²) in [4.78, 5) is 73.4. The van der Waals surface area contributed by atoms with Crippen LogP contribution in [-0.2, 0) is 65.4 Å². The highest BCUT2D eigenvalue weighted by atomic mass is 31.2. The average molecular weight is 1610 g/mol. The van der Waals surface area contributed by atoms with E-state index in [0.29, 0.717) is 25.7 Å². The second-order valence-electron chi connectivity index (χ2n) is 33.4. The van der Waals surface area contributed by atoms with Gasteiger partial charge in [0.15, 0.2) is 12.2 Å². The standard InChI is InChI=1S/C91H178O17P2/c1-7-10-12-14-16-18-20-22-24-26-27-28-29-33-37-40-44-48-55-61-67-73-88(93)101-79-86(107-90(95)76-70-64-58-50-46-42-38-34-31-30-32-35-39-43-47-54-60-66-72-84(6)9-3)81-105-109(97,98)103-77-85(92)78-104-110(99,100)106-82-87(80-102-89(94)74-68-62-56-52-51-53-59-65-71-83(4)5)108-91(96)75-69-63-57-49-45-41-36-25-23-21-19-17-15-13-11-8-2/h83-87,92H,7-82H2,1-6H3,(H,97,98)(H,99,100)/t84?,85-,86-,87-/m1/s1. The Morgan fingerprint density at radius 3 is 0.691 bits per heavy atom. The van der Waals surface area contributed by atoms with Gasteiger partial charge in [-0.25, -0.2) is 9.13 Å². The molecule has 0 rings (SSSR count). The zero-order valence-corrected chi connectivity index (χ0v) is 74.4. The topological polar surface area (TPSA) is 237 Å². The molecular weight excluding hydrogens is 1430 g/mol. The van der Waals surface area contributed by atoms with Crippen LogP contribution in [0.15, 0.2) is 0 Å². The first-order chi connectivity index (χ1) is 53.4. The SMILES string of the molecule is CCCCCCCCCCCCCCCCCCCCCCCC(=O)OC[C@H](COP(=O)(O)OC[C@@H](O)COP(=O)(O)OC[C@@H](COC(=O)CCCCCCCCCCC(C)C)OC(=O)CCCCCCCCCCCCCCCCCC)OC(=O)CCCCCCCCCCCCCCCCCCCCC(C)CC. The van der Waals surface area contributed by atoms with Crippen molar-refractivity contribution in [2.45, 2.75) is 509 Å². The van der Waals surface area contributed by atoms with Crippen molar-refractivity contribution in [1.82, 2.24) is 0 Å². The number of ether oxygens (including phenoxy) is 4. The molecule has 110 heavy (non-hydrogen) atoms. The van der Waals surface area contributed by atoms with E-state index in [0.717, 1.165) is 102 Å². The van der Waals surface area contributed by atoms with Gasteiger partial charge in [0.2, 0.25) is 0 Å². The van der Waals surface area contributed by atoms with Crippen LogP contribution < -0.4 is 0 Å². The normalized spacial score (nSPS) is 14.0. The van der Waals surface area contributed by atoms with Crippen molar-refractivity contribution in [1.29, 1.82) is 0 Å². The highest BCUT2D eigenvalue weighted by Crippen LogP contribution is 2.45. The lowest BCUT2D eigenvalue weighted by Crippen LogP contribution is -2.30. The van der Waals surface area contributed by atoms with Gasteiger partial charge in [-0.1, -0.05) is 440 Å². The van der Waals surface area contributed by atoms with E-state index in [4.69, 9.17) is 37.0 Å². The fourth-order valence-electron chi connectivity index (χ4n) is 14.3. The van der Waals surface area contributed by atoms with E-state index in [1.807, 2.05) is 0 Å². The van der Waals surface area contributed by atoms with Crippen LogP contribution in [0.3, 0.4) is 0 Å². The molecule has 654 valence electrons. The van der Waals surface area contributed by atoms with E-state index in [2.05, 4.69) is 41.5 Å². The van der Waals surface area contributed by atoms with Gasteiger partial charge in [0.1, 0.15) is 19.3 Å². The summed E-state index contributed by atoms with van der Waals surface area (Å²) in [5.41, 5.74) is 0. The van der Waals surface area contributed by atoms with Crippen molar-refractivity contribution in [3.05, 3.63) is 0 Å². The van der Waals surface area contributed by atoms with E-state index in [1.165, 1.54) is 308 Å². The Hall–Kier alpha value is -1.94. The van der Waals surface area contributed by atoms with Crippen LogP contribution in [0.25, 0.3) is 0 Å². The maximum absolute atomic E-state index is 13.2. The Labute approximate surface area is 677 Å². The minimum Gasteiger partial charge on any atom is -0.462 e. The number of rotatable bonds is 90. The van der Waals surface area contributed by atoms with E-state index >= 15 is 0 Å². The molecule has 0 spiro atoms. The van der Waals surface area contributed by atoms with Crippen molar-refractivity contribution in [2.24, 2.45) is 11.8 Å². The summed E-state index contributed by atoms with van der Waals surface area (Å²) in [7, 11) is -9.93. The van der Waals surface area contributed by atoms with Gasteiger partial charge < -0.3 is 33.8 Å². The van der Waals surface area contributed by atoms with Crippen LogP contribution in [0.1, 0.15) is 491 Å². The molecule has 0 aliphatic rings. The van der Waals surface area contributed by atoms with Gasteiger partial charge in [-0.3, -0.25) is 37.3 Å². The van der Waals surface area contributed by atoms with Gasteiger partial charge in [-0.2, -0.15) is 0 Å². The average Bonchev–Trinajstić information content (AvgIpc) is 0.896. The fourth-order valence-corrected chi connectivity index (χ4v) is 15.9. The number of esters is 4. The van der Waals surface area contributed by atoms with E-state index < -0.39 is 97.5 Å². The predicted molar refractivity (Wildman–Crippen MR) is 455 cm³/mol. The lowest BCUT2D eigenvalue weighted by Gasteiger charge is -2.21. The number of hydrogen-bond acceptors (Lipinski definition) is 15. The largest absolute Gasteiger partial charge is 0.472 e. The molecule has 3 N–H and O–H groups in total. The third-order valence-electron chi connectivity index (χ3n) is 21.8. The smallest absolute Gasteiger partial charge is 0.462 e. The Morgan fingerprint density at radius 1 is 0.264 bits per heavy atom. The monoisotopic (exact) mass is 1610 g/mol. The molecule has 3 unspecified atom stereocenters. The molecule has 6 atom stereocenters. The third kappa shape index (κ3) is 82.6. The molecule has 0 aromatic heterocycles. The number of aliphatic hydroxyl groups is 1. The minimum atomic E-state index is -4.97. The second kappa shape index (κ2) is 82.2. The number of hydrogen-bond donors (Lipinski definition) is 3. The summed E-state index contributed by atoms with van der Waals surface area (Å²) in [5, 5.41) is 10.7. The van der Waals surface area contributed by atoms with Crippen molar-refractivity contribution in [3.63, 3.8) is 0 Å². The first-order valence-corrected chi connectivity index (χ1v) is 50.0. The molecule has 0 aliphatic carbocycles. The molecule has 0 heterocycles. The predicted octanol–water partition coefficient (Wildman–Crippen LogP) is 28.2. The molecule has 19 heteroatoms. The molecule has 0 amide bonds. The summed E-state index contributed by atoms with van der Waals surface area (Å²) in [6.45, 7) is 9.73. The number of carbonyl (C=O) groups excluding carboxylic acids is 4. The van der Waals surface area contributed by atoms with Crippen molar-refractivity contribution >= 4 is 39.5 Å². The van der Waals surface area contributed by atoms with Crippen LogP contribution in [0.5, 0.6) is 0 Å². The Kier molecular flexibility index (Phi) is 80.7. The molecule has 0 bridgehead atoms. The molecule has 0 saturated carbocycles. The first-order valence-electron chi connectivity index (χ1n) is 47.0. The van der Waals surface area contributed by atoms with Crippen LogP contribution in [0.2, 0.25) is 0 Å². The lowest BCUT2D eigenvalue weighted by molar-refractivity contribution is -0.161. The quantitative estimate of drug-likeness (QED) is 0.0222. The molecule has 0 aromatic rings. The van der Waals surface area contributed by atoms with Crippen molar-refractivity contribution in [2.75, 3.05) is 39.6 Å². The summed E-state index contributed by atoms with van der Waals surface area (Å²) in [6.07, 6.45) is 76.5. The molecule has 0 saturated heterocycles. The van der Waals surface area contributed by atoms with Gasteiger partial charge in [-0.05, 0) is 37.5 Å². The third-order valence-corrected chi connectivity index (χ3v) is 23.7. The maximum atomic E-state index is 13.2. The number of phosphoric acid groups is 2. The number of phosphoric ester groups is 2. The van der Waals surface area contributed by atoms with Gasteiger partial charge in [0, 0.05) is 25.7 Å². The Morgan fingerprint density at radius 2 is 0.464 bits per heavy atom. The number of aliphatic hydroxyl groups excluding tert-OH is 1. The molecule has 0 fully saturated rings. The van der Waals surface area contributed by atoms with Crippen LogP contribution >= 0.6 is 15.6 Å². The van der Waals surface area contributed by atoms with Crippen LogP contribution in [-0.4, -0.2) is 96.7 Å². The zero-order valence-electron chi connectivity index (χ0n) is 72.6. The zero-order chi connectivity index (χ0) is 80.6. The summed E-state index contributed by atoms with van der Waals surface area (Å²) in [6, 6.07) is 0. The minimum absolute atomic E-state index is 0.108. The lowest BCUT2D eigenvalue weighted by atomic mass is 9.99. The van der Waals surface area contributed by atoms with Gasteiger partial charge >= 0.3 is 39.5 Å². The fraction of sp³-hybridized carbons (Fsp3) is 0.956. The molecular formula is C91H178O17P2. The highest BCUT2D eigenvalue weighted by Gasteiger charge is 2.31. The molecule has 0 aliphatic heterocycles. The van der Waals surface area contributed by atoms with Crippen molar-refractivity contribution < 1.29 is 80.2 Å². The van der Waals surface area contributed by atoms with Crippen LogP contribution in [0.4, 0.5) is 0 Å². The highest BCUT2D eigenvalue weighted by molar-refractivity contribution is 7.47. The molecule has 17 nitrogen and oxygen atoms in total. The first kappa shape index (κ1) is 108. The van der Waals surface area contributed by atoms with Gasteiger partial charge in [0.25, 0.3) is 0 Å². The second-order valence-corrected chi connectivity index (χ2v) is 36.3. The summed E-state index contributed by atoms with van der Waals surface area (Å²) in [5.74, 6) is -0.499. The Bertz CT molecular complexity index is 2100. The number of carbonyl (C=O) groups is 4. The Balaban J connectivity index is 5.23. The van der Waals surface area contributed by atoms with Gasteiger partial charge in [0.05, 0.1) is 26.4 Å². The van der Waals surface area contributed by atoms with E-state index in [-0.39, 0.29) is 25.7 Å². The van der Waals surface area contributed by atoms with Crippen LogP contribution in [0, 0.1) is 11.8 Å². The van der Waals surface area contributed by atoms with Gasteiger partial charge in [-0.15, -0.1) is 0 Å². The maximum Gasteiger partial charge on any atom is 0.472 e. The number of unbranched alkanes of at least 4 members (excludes halogenated alkanes) is 59. The van der Waals surface area contributed by atoms with E-state index in [1.54, 1.807) is 0 Å². The summed E-state index contributed by atoms with van der Waals surface area (Å²) >= 11 is 0. The van der Waals surface area contributed by atoms with Crippen molar-refractivity contribution in [3.8, 4) is 0 Å². The molecule has 0 radical (unpaired) electrons. The molecule has 0 aromatic carbocycles.